The van der Waals surface area contributed by atoms with Gasteiger partial charge in [0, 0.05) is 37.7 Å². The zero-order chi connectivity index (χ0) is 28.9. The Hall–Kier alpha value is -3.59. The van der Waals surface area contributed by atoms with Crippen LogP contribution in [0, 0.1) is 26.8 Å². The SMILES string of the molecule is Cc1cc(C)c(-c2cc(-c3cc(C(C)(C)C)ccn3)[c-]c(-c3cccc4sc(-c5ccccc5O)nc34)c2)c(C)c1.[Pt]. The van der Waals surface area contributed by atoms with Crippen molar-refractivity contribution >= 4 is 21.6 Å². The molecule has 2 aromatic heterocycles. The Morgan fingerprint density at radius 2 is 1.48 bits per heavy atom. The van der Waals surface area contributed by atoms with Crippen LogP contribution >= 0.6 is 11.3 Å². The van der Waals surface area contributed by atoms with Crippen LogP contribution in [-0.2, 0) is 26.5 Å². The molecule has 0 spiro atoms. The molecule has 0 fully saturated rings. The second-order valence-electron chi connectivity index (χ2n) is 11.8. The average molecular weight is 749 g/mol. The number of hydrogen-bond acceptors (Lipinski definition) is 4. The predicted molar refractivity (Wildman–Crippen MR) is 173 cm³/mol. The fraction of sp³-hybridized carbons (Fsp3) is 0.189. The number of aromatic hydroxyl groups is 1. The molecule has 5 heteroatoms. The van der Waals surface area contributed by atoms with Crippen LogP contribution in [0.15, 0.2) is 85.1 Å². The molecule has 42 heavy (non-hydrogen) atoms. The number of hydrogen-bond donors (Lipinski definition) is 1. The Labute approximate surface area is 266 Å². The minimum Gasteiger partial charge on any atom is -0.507 e. The molecule has 4 aromatic carbocycles. The Morgan fingerprint density at radius 1 is 0.786 bits per heavy atom. The van der Waals surface area contributed by atoms with E-state index in [1.807, 2.05) is 24.4 Å². The molecule has 0 saturated heterocycles. The summed E-state index contributed by atoms with van der Waals surface area (Å²) in [6.07, 6.45) is 1.90. The van der Waals surface area contributed by atoms with Crippen LogP contribution in [-0.4, -0.2) is 15.1 Å². The average Bonchev–Trinajstić information content (AvgIpc) is 3.36. The number of rotatable bonds is 4. The van der Waals surface area contributed by atoms with E-state index >= 15 is 0 Å². The summed E-state index contributed by atoms with van der Waals surface area (Å²) in [6.45, 7) is 13.2. The van der Waals surface area contributed by atoms with Crippen molar-refractivity contribution in [3.05, 3.63) is 113 Å². The summed E-state index contributed by atoms with van der Waals surface area (Å²) in [4.78, 5) is 9.84. The molecular formula is C37H33N2OPtS-. The molecule has 0 amide bonds. The van der Waals surface area contributed by atoms with Gasteiger partial charge in [-0.2, -0.15) is 0 Å². The van der Waals surface area contributed by atoms with E-state index in [2.05, 4.69) is 102 Å². The molecule has 1 N–H and O–H groups in total. The third-order valence-corrected chi connectivity index (χ3v) is 8.63. The standard InChI is InChI=1S/C37H33N2OS.Pt/c1-22-16-23(2)34(24(3)17-22)27-19-25(18-26(20-27)31-21-28(14-15-38-31)37(4,5)6)29-11-9-13-33-35(29)39-36(41-33)30-10-7-8-12-32(30)40;/h7-17,19-21,40H,1-6H3;/q-1;. The number of fused-ring (bicyclic) bond motifs is 1. The summed E-state index contributed by atoms with van der Waals surface area (Å²) in [5.41, 5.74) is 12.9. The molecule has 0 saturated carbocycles. The second-order valence-corrected chi connectivity index (χ2v) is 12.9. The molecule has 3 nitrogen and oxygen atoms in total. The second kappa shape index (κ2) is 11.6. The topological polar surface area (TPSA) is 46.0 Å². The van der Waals surface area contributed by atoms with E-state index in [1.165, 1.54) is 27.8 Å². The summed E-state index contributed by atoms with van der Waals surface area (Å²) >= 11 is 1.59. The van der Waals surface area contributed by atoms with Crippen molar-refractivity contribution in [2.45, 2.75) is 47.0 Å². The normalized spacial score (nSPS) is 11.5. The minimum absolute atomic E-state index is 0. The third kappa shape index (κ3) is 5.71. The number of aromatic nitrogens is 2. The van der Waals surface area contributed by atoms with Crippen LogP contribution in [0.1, 0.15) is 43.0 Å². The fourth-order valence-corrected chi connectivity index (χ4v) is 6.64. The van der Waals surface area contributed by atoms with Crippen molar-refractivity contribution < 1.29 is 26.2 Å². The van der Waals surface area contributed by atoms with Gasteiger partial charge in [0.15, 0.2) is 0 Å². The summed E-state index contributed by atoms with van der Waals surface area (Å²) in [7, 11) is 0. The maximum atomic E-state index is 10.5. The van der Waals surface area contributed by atoms with Crippen LogP contribution < -0.4 is 0 Å². The molecule has 0 atom stereocenters. The first-order valence-corrected chi connectivity index (χ1v) is 14.7. The maximum Gasteiger partial charge on any atom is 0.127 e. The van der Waals surface area contributed by atoms with Gasteiger partial charge in [-0.1, -0.05) is 85.5 Å². The smallest absolute Gasteiger partial charge is 0.127 e. The largest absolute Gasteiger partial charge is 0.507 e. The first-order valence-electron chi connectivity index (χ1n) is 13.9. The number of phenols is 1. The van der Waals surface area contributed by atoms with E-state index in [1.54, 1.807) is 17.4 Å². The molecule has 0 aliphatic heterocycles. The van der Waals surface area contributed by atoms with E-state index in [0.717, 1.165) is 48.7 Å². The molecule has 0 bridgehead atoms. The minimum atomic E-state index is 0. The molecule has 6 rings (SSSR count). The van der Waals surface area contributed by atoms with Gasteiger partial charge in [-0.05, 0) is 72.7 Å². The zero-order valence-corrected chi connectivity index (χ0v) is 27.7. The Balaban J connectivity index is 0.00000353. The van der Waals surface area contributed by atoms with E-state index in [-0.39, 0.29) is 32.2 Å². The molecule has 214 valence electrons. The van der Waals surface area contributed by atoms with Crippen molar-refractivity contribution in [3.63, 3.8) is 0 Å². The summed E-state index contributed by atoms with van der Waals surface area (Å²) < 4.78 is 1.07. The molecule has 0 aliphatic carbocycles. The maximum absolute atomic E-state index is 10.5. The van der Waals surface area contributed by atoms with Gasteiger partial charge in [0.05, 0.1) is 11.1 Å². The van der Waals surface area contributed by atoms with Crippen LogP contribution in [0.3, 0.4) is 0 Å². The zero-order valence-electron chi connectivity index (χ0n) is 24.6. The van der Waals surface area contributed by atoms with Crippen LogP contribution in [0.25, 0.3) is 54.3 Å². The van der Waals surface area contributed by atoms with Gasteiger partial charge in [-0.25, -0.2) is 4.98 Å². The fourth-order valence-electron chi connectivity index (χ4n) is 5.61. The van der Waals surface area contributed by atoms with Crippen molar-refractivity contribution in [1.29, 1.82) is 0 Å². The third-order valence-electron chi connectivity index (χ3n) is 7.58. The monoisotopic (exact) mass is 748 g/mol. The number of nitrogens with zero attached hydrogens (tertiary/aromatic N) is 2. The van der Waals surface area contributed by atoms with E-state index in [9.17, 15) is 5.11 Å². The Kier molecular flexibility index (Phi) is 8.25. The predicted octanol–water partition coefficient (Wildman–Crippen LogP) is 10.1. The van der Waals surface area contributed by atoms with E-state index in [4.69, 9.17) is 9.97 Å². The van der Waals surface area contributed by atoms with Crippen LogP contribution in [0.5, 0.6) is 5.75 Å². The van der Waals surface area contributed by atoms with Gasteiger partial charge in [0.1, 0.15) is 10.8 Å². The van der Waals surface area contributed by atoms with Gasteiger partial charge >= 0.3 is 0 Å². The molecule has 0 aliphatic rings. The molecule has 6 aromatic rings. The van der Waals surface area contributed by atoms with E-state index in [0.29, 0.717) is 0 Å². The van der Waals surface area contributed by atoms with Crippen molar-refractivity contribution in [3.8, 4) is 49.8 Å². The van der Waals surface area contributed by atoms with Crippen molar-refractivity contribution in [2.75, 3.05) is 0 Å². The van der Waals surface area contributed by atoms with Gasteiger partial charge in [-0.15, -0.1) is 35.1 Å². The summed E-state index contributed by atoms with van der Waals surface area (Å²) in [6, 6.07) is 30.6. The number of phenolic OH excluding ortho intramolecular Hbond substituents is 1. The van der Waals surface area contributed by atoms with Crippen molar-refractivity contribution in [1.82, 2.24) is 9.97 Å². The molecule has 0 radical (unpaired) electrons. The van der Waals surface area contributed by atoms with Gasteiger partial charge in [-0.3, -0.25) is 4.98 Å². The molecule has 2 heterocycles. The van der Waals surface area contributed by atoms with Gasteiger partial charge in [0.25, 0.3) is 0 Å². The van der Waals surface area contributed by atoms with Crippen molar-refractivity contribution in [2.24, 2.45) is 0 Å². The van der Waals surface area contributed by atoms with Gasteiger partial charge < -0.3 is 5.11 Å². The first-order chi connectivity index (χ1) is 19.6. The Bertz CT molecular complexity index is 1910. The Morgan fingerprint density at radius 3 is 2.19 bits per heavy atom. The summed E-state index contributed by atoms with van der Waals surface area (Å²) in [5, 5.41) is 11.3. The first kappa shape index (κ1) is 29.9. The van der Waals surface area contributed by atoms with Crippen LogP contribution in [0.4, 0.5) is 0 Å². The van der Waals surface area contributed by atoms with Crippen LogP contribution in [0.2, 0.25) is 0 Å². The summed E-state index contributed by atoms with van der Waals surface area (Å²) in [5.74, 6) is 0.235. The number of para-hydroxylation sites is 2. The number of aryl methyl sites for hydroxylation is 3. The van der Waals surface area contributed by atoms with Gasteiger partial charge in [0.2, 0.25) is 0 Å². The molecular weight excluding hydrogens is 716 g/mol. The number of pyridine rings is 1. The number of thiazole rings is 1. The molecule has 0 unspecified atom stereocenters. The van der Waals surface area contributed by atoms with E-state index < -0.39 is 0 Å². The number of benzene rings is 4. The quantitative estimate of drug-likeness (QED) is 0.183.